The van der Waals surface area contributed by atoms with Gasteiger partial charge in [0.15, 0.2) is 0 Å². The van der Waals surface area contributed by atoms with Gasteiger partial charge in [-0.05, 0) is 13.3 Å². The summed E-state index contributed by atoms with van der Waals surface area (Å²) >= 11 is 10.6. The molecule has 0 aliphatic carbocycles. The molecule has 4 heteroatoms. The highest BCUT2D eigenvalue weighted by molar-refractivity contribution is 6.20. The van der Waals surface area contributed by atoms with E-state index < -0.39 is 5.75 Å². The molecule has 0 amide bonds. The number of ether oxygens (including phenoxy) is 1. The number of rotatable bonds is 4. The zero-order chi connectivity index (χ0) is 7.28. The molecule has 56 valence electrons. The van der Waals surface area contributed by atoms with Crippen molar-refractivity contribution in [3.63, 3.8) is 0 Å². The van der Waals surface area contributed by atoms with E-state index in [-0.39, 0.29) is 5.38 Å². The van der Waals surface area contributed by atoms with Crippen molar-refractivity contribution in [1.29, 1.82) is 0 Å². The third kappa shape index (κ3) is 8.50. The third-order valence-corrected chi connectivity index (χ3v) is 1.12. The second-order valence-electron chi connectivity index (χ2n) is 1.73. The first kappa shape index (κ1) is 9.50. The summed E-state index contributed by atoms with van der Waals surface area (Å²) in [4.78, 5) is 0. The Morgan fingerprint density at radius 1 is 1.56 bits per heavy atom. The van der Waals surface area contributed by atoms with Crippen LogP contribution in [0.3, 0.4) is 0 Å². The molecule has 0 aliphatic heterocycles. The van der Waals surface area contributed by atoms with Crippen LogP contribution in [-0.4, -0.2) is 22.8 Å². The first-order valence-corrected chi connectivity index (χ1v) is 3.58. The molecule has 0 aromatic rings. The van der Waals surface area contributed by atoms with E-state index in [0.717, 1.165) is 0 Å². The molecule has 2 atom stereocenters. The molecule has 9 heavy (non-hydrogen) atoms. The number of hydrogen-bond acceptors (Lipinski definition) is 2. The van der Waals surface area contributed by atoms with E-state index in [0.29, 0.717) is 13.0 Å². The lowest BCUT2D eigenvalue weighted by Crippen LogP contribution is -2.07. The molecule has 0 aliphatic rings. The Morgan fingerprint density at radius 3 is 2.44 bits per heavy atom. The van der Waals surface area contributed by atoms with E-state index >= 15 is 0 Å². The van der Waals surface area contributed by atoms with E-state index in [2.05, 4.69) is 4.74 Å². The van der Waals surface area contributed by atoms with Gasteiger partial charge in [0, 0.05) is 5.38 Å². The Kier molecular flexibility index (Phi) is 5.59. The SMILES string of the molecule is CC(Cl)CCOC(O)Cl. The molecule has 0 spiro atoms. The smallest absolute Gasteiger partial charge is 0.234 e. The van der Waals surface area contributed by atoms with Gasteiger partial charge in [-0.25, -0.2) is 0 Å². The topological polar surface area (TPSA) is 29.5 Å². The molecule has 1 N–H and O–H groups in total. The first-order valence-electron chi connectivity index (χ1n) is 2.70. The lowest BCUT2D eigenvalue weighted by molar-refractivity contribution is -0.0389. The average Bonchev–Trinajstić information content (AvgIpc) is 1.63. The van der Waals surface area contributed by atoms with Crippen molar-refractivity contribution in [1.82, 2.24) is 0 Å². The van der Waals surface area contributed by atoms with Crippen LogP contribution in [-0.2, 0) is 4.74 Å². The molecule has 0 saturated carbocycles. The number of halogens is 2. The predicted molar refractivity (Wildman–Crippen MR) is 37.7 cm³/mol. The van der Waals surface area contributed by atoms with Crippen molar-refractivity contribution in [3.8, 4) is 0 Å². The van der Waals surface area contributed by atoms with Crippen molar-refractivity contribution in [2.45, 2.75) is 24.5 Å². The van der Waals surface area contributed by atoms with Crippen LogP contribution >= 0.6 is 23.2 Å². The molecule has 0 aromatic carbocycles. The minimum atomic E-state index is -1.19. The summed E-state index contributed by atoms with van der Waals surface area (Å²) in [5.74, 6) is -1.19. The quantitative estimate of drug-likeness (QED) is 0.516. The van der Waals surface area contributed by atoms with Gasteiger partial charge in [-0.3, -0.25) is 0 Å². The van der Waals surface area contributed by atoms with Gasteiger partial charge < -0.3 is 9.84 Å². The van der Waals surface area contributed by atoms with E-state index in [1.807, 2.05) is 6.92 Å². The third-order valence-electron chi connectivity index (χ3n) is 0.771. The summed E-state index contributed by atoms with van der Waals surface area (Å²) in [5, 5.41) is 8.44. The summed E-state index contributed by atoms with van der Waals surface area (Å²) < 4.78 is 4.59. The number of aliphatic hydroxyl groups excluding tert-OH is 1. The molecule has 0 aromatic heterocycles. The molecule has 2 unspecified atom stereocenters. The number of hydrogen-bond donors (Lipinski definition) is 1. The van der Waals surface area contributed by atoms with E-state index in [1.165, 1.54) is 0 Å². The number of aliphatic hydroxyl groups is 1. The zero-order valence-corrected chi connectivity index (χ0v) is 6.69. The van der Waals surface area contributed by atoms with Crippen LogP contribution in [0.2, 0.25) is 0 Å². The van der Waals surface area contributed by atoms with Gasteiger partial charge in [-0.1, -0.05) is 11.6 Å². The monoisotopic (exact) mass is 172 g/mol. The largest absolute Gasteiger partial charge is 0.356 e. The standard InChI is InChI=1S/C5H10Cl2O2/c1-4(6)2-3-9-5(7)8/h4-5,8H,2-3H2,1H3. The molecule has 0 bridgehead atoms. The van der Waals surface area contributed by atoms with Crippen molar-refractivity contribution < 1.29 is 9.84 Å². The van der Waals surface area contributed by atoms with Crippen molar-refractivity contribution in [2.75, 3.05) is 6.61 Å². The van der Waals surface area contributed by atoms with Crippen LogP contribution in [0.4, 0.5) is 0 Å². The van der Waals surface area contributed by atoms with Crippen molar-refractivity contribution in [3.05, 3.63) is 0 Å². The Morgan fingerprint density at radius 2 is 2.11 bits per heavy atom. The maximum absolute atomic E-state index is 8.37. The highest BCUT2D eigenvalue weighted by Crippen LogP contribution is 2.01. The van der Waals surface area contributed by atoms with E-state index in [4.69, 9.17) is 28.3 Å². The molecular formula is C5H10Cl2O2. The number of alkyl halides is 2. The van der Waals surface area contributed by atoms with Crippen LogP contribution in [0.5, 0.6) is 0 Å². The summed E-state index contributed by atoms with van der Waals surface area (Å²) in [7, 11) is 0. The van der Waals surface area contributed by atoms with Gasteiger partial charge in [0.25, 0.3) is 0 Å². The fraction of sp³-hybridized carbons (Fsp3) is 1.00. The normalized spacial score (nSPS) is 17.3. The maximum Gasteiger partial charge on any atom is 0.234 e. The molecule has 0 radical (unpaired) electrons. The fourth-order valence-corrected chi connectivity index (χ4v) is 0.506. The summed E-state index contributed by atoms with van der Waals surface area (Å²) in [6.07, 6.45) is 0.700. The van der Waals surface area contributed by atoms with E-state index in [1.54, 1.807) is 0 Å². The molecule has 0 heterocycles. The van der Waals surface area contributed by atoms with Crippen LogP contribution in [0, 0.1) is 0 Å². The van der Waals surface area contributed by atoms with Crippen molar-refractivity contribution in [2.24, 2.45) is 0 Å². The minimum Gasteiger partial charge on any atom is -0.356 e. The molecule has 0 rings (SSSR count). The van der Waals surface area contributed by atoms with Crippen LogP contribution in [0.15, 0.2) is 0 Å². The van der Waals surface area contributed by atoms with Gasteiger partial charge in [0.05, 0.1) is 6.61 Å². The Hall–Kier alpha value is 0.500. The molecule has 0 fully saturated rings. The van der Waals surface area contributed by atoms with Gasteiger partial charge in [-0.15, -0.1) is 11.6 Å². The lowest BCUT2D eigenvalue weighted by Gasteiger charge is -2.04. The molecular weight excluding hydrogens is 163 g/mol. The molecule has 0 saturated heterocycles. The second-order valence-corrected chi connectivity index (χ2v) is 2.85. The lowest BCUT2D eigenvalue weighted by atomic mass is 10.3. The fourth-order valence-electron chi connectivity index (χ4n) is 0.328. The summed E-state index contributed by atoms with van der Waals surface area (Å²) in [5.41, 5.74) is 0. The van der Waals surface area contributed by atoms with Crippen LogP contribution < -0.4 is 0 Å². The summed E-state index contributed by atoms with van der Waals surface area (Å²) in [6.45, 7) is 2.25. The van der Waals surface area contributed by atoms with Gasteiger partial charge in [0.1, 0.15) is 0 Å². The van der Waals surface area contributed by atoms with Gasteiger partial charge >= 0.3 is 0 Å². The Balaban J connectivity index is 2.91. The highest BCUT2D eigenvalue weighted by atomic mass is 35.5. The van der Waals surface area contributed by atoms with Gasteiger partial charge in [-0.2, -0.15) is 0 Å². The zero-order valence-electron chi connectivity index (χ0n) is 5.18. The second kappa shape index (κ2) is 5.30. The predicted octanol–water partition coefficient (Wildman–Crippen LogP) is 1.54. The van der Waals surface area contributed by atoms with Crippen LogP contribution in [0.1, 0.15) is 13.3 Å². The van der Waals surface area contributed by atoms with E-state index in [9.17, 15) is 0 Å². The van der Waals surface area contributed by atoms with Crippen molar-refractivity contribution >= 4 is 23.2 Å². The minimum absolute atomic E-state index is 0.0698. The van der Waals surface area contributed by atoms with Crippen LogP contribution in [0.25, 0.3) is 0 Å². The highest BCUT2D eigenvalue weighted by Gasteiger charge is 1.99. The average molecular weight is 173 g/mol. The summed E-state index contributed by atoms with van der Waals surface area (Å²) in [6, 6.07) is 0. The molecule has 2 nitrogen and oxygen atoms in total. The Bertz CT molecular complexity index is 58.0. The first-order chi connectivity index (χ1) is 4.13. The maximum atomic E-state index is 8.37. The van der Waals surface area contributed by atoms with Gasteiger partial charge in [0.2, 0.25) is 5.75 Å². The Labute approximate surface area is 64.7 Å².